The molecular formula is C38H40N2O7. The van der Waals surface area contributed by atoms with Crippen molar-refractivity contribution in [1.29, 1.82) is 0 Å². The van der Waals surface area contributed by atoms with Gasteiger partial charge in [0.25, 0.3) is 0 Å². The van der Waals surface area contributed by atoms with E-state index in [0.29, 0.717) is 47.3 Å². The van der Waals surface area contributed by atoms with E-state index in [1.54, 1.807) is 42.7 Å². The molecule has 9 heteroatoms. The third-order valence-corrected chi connectivity index (χ3v) is 8.63. The van der Waals surface area contributed by atoms with E-state index in [1.807, 2.05) is 48.5 Å². The fraction of sp³-hybridized carbons (Fsp3) is 0.316. The first-order valence-electron chi connectivity index (χ1n) is 15.6. The first-order valence-corrected chi connectivity index (χ1v) is 15.6. The number of rotatable bonds is 12. The van der Waals surface area contributed by atoms with Gasteiger partial charge in [-0.3, -0.25) is 9.98 Å². The van der Waals surface area contributed by atoms with Crippen LogP contribution in [0.4, 0.5) is 0 Å². The molecule has 4 aromatic carbocycles. The molecule has 244 valence electrons. The van der Waals surface area contributed by atoms with Crippen molar-refractivity contribution in [2.24, 2.45) is 9.98 Å². The molecule has 0 aromatic heterocycles. The summed E-state index contributed by atoms with van der Waals surface area (Å²) in [7, 11) is 9.89. The van der Waals surface area contributed by atoms with E-state index in [1.165, 1.54) is 11.1 Å². The standard InChI is InChI=1S/C38H40N2O7/c1-41-31-9-7-23(15-29-27-21-35(45-5)33(43-3)19-25(27)11-13-39-29)17-37(31)47-38-18-24(8-10-32(38)42-2)16-30-28-22-36(46-6)34(44-4)20-26(28)12-14-40-30/h7-10,17-22H,11-16H2,1-6H3. The highest BCUT2D eigenvalue weighted by Gasteiger charge is 2.22. The second-order valence-corrected chi connectivity index (χ2v) is 11.3. The van der Waals surface area contributed by atoms with Crippen molar-refractivity contribution in [3.05, 3.63) is 94.0 Å². The van der Waals surface area contributed by atoms with Gasteiger partial charge in [0.2, 0.25) is 0 Å². The van der Waals surface area contributed by atoms with E-state index in [2.05, 4.69) is 12.1 Å². The fourth-order valence-corrected chi connectivity index (χ4v) is 6.22. The van der Waals surface area contributed by atoms with Crippen LogP contribution in [0, 0.1) is 0 Å². The highest BCUT2D eigenvalue weighted by molar-refractivity contribution is 6.05. The first-order chi connectivity index (χ1) is 23.0. The smallest absolute Gasteiger partial charge is 0.169 e. The van der Waals surface area contributed by atoms with Crippen LogP contribution >= 0.6 is 0 Å². The van der Waals surface area contributed by atoms with Gasteiger partial charge in [0, 0.05) is 48.5 Å². The van der Waals surface area contributed by atoms with E-state index in [-0.39, 0.29) is 0 Å². The molecule has 6 rings (SSSR count). The summed E-state index contributed by atoms with van der Waals surface area (Å²) >= 11 is 0. The Morgan fingerprint density at radius 3 is 1.21 bits per heavy atom. The number of aliphatic imine (C=N–C) groups is 2. The van der Waals surface area contributed by atoms with Crippen LogP contribution < -0.4 is 33.2 Å². The Morgan fingerprint density at radius 1 is 0.447 bits per heavy atom. The SMILES string of the molecule is COc1cc2c(cc1OC)C(Cc1ccc(OC)c(Oc3cc(CC4=NCCc5cc(OC)c(OC)cc54)ccc3OC)c1)=NCC2. The lowest BCUT2D eigenvalue weighted by molar-refractivity contribution is 0.354. The van der Waals surface area contributed by atoms with Gasteiger partial charge in [0.15, 0.2) is 46.0 Å². The Labute approximate surface area is 275 Å². The maximum Gasteiger partial charge on any atom is 0.169 e. The zero-order valence-corrected chi connectivity index (χ0v) is 27.8. The van der Waals surface area contributed by atoms with Gasteiger partial charge >= 0.3 is 0 Å². The van der Waals surface area contributed by atoms with Crippen molar-refractivity contribution >= 4 is 11.4 Å². The second kappa shape index (κ2) is 14.1. The van der Waals surface area contributed by atoms with E-state index >= 15 is 0 Å². The van der Waals surface area contributed by atoms with Crippen LogP contribution in [-0.4, -0.2) is 67.2 Å². The minimum absolute atomic E-state index is 0.585. The zero-order valence-electron chi connectivity index (χ0n) is 27.8. The lowest BCUT2D eigenvalue weighted by Gasteiger charge is -2.21. The van der Waals surface area contributed by atoms with Crippen LogP contribution in [0.25, 0.3) is 0 Å². The van der Waals surface area contributed by atoms with E-state index in [0.717, 1.165) is 71.1 Å². The highest BCUT2D eigenvalue weighted by atomic mass is 16.5. The van der Waals surface area contributed by atoms with Gasteiger partial charge in [-0.25, -0.2) is 0 Å². The molecule has 0 aliphatic carbocycles. The molecule has 0 atom stereocenters. The summed E-state index contributed by atoms with van der Waals surface area (Å²) in [4.78, 5) is 9.77. The molecule has 2 heterocycles. The van der Waals surface area contributed by atoms with Crippen LogP contribution in [0.2, 0.25) is 0 Å². The molecule has 0 spiro atoms. The largest absolute Gasteiger partial charge is 0.493 e. The summed E-state index contributed by atoms with van der Waals surface area (Å²) in [5, 5.41) is 0. The summed E-state index contributed by atoms with van der Waals surface area (Å²) < 4.78 is 40.2. The molecular weight excluding hydrogens is 596 g/mol. The predicted molar refractivity (Wildman–Crippen MR) is 183 cm³/mol. The Balaban J connectivity index is 1.27. The highest BCUT2D eigenvalue weighted by Crippen LogP contribution is 2.39. The molecule has 0 radical (unpaired) electrons. The maximum atomic E-state index is 6.55. The van der Waals surface area contributed by atoms with Gasteiger partial charge in [0.1, 0.15) is 0 Å². The molecule has 0 unspecified atom stereocenters. The summed E-state index contributed by atoms with van der Waals surface area (Å²) in [5.41, 5.74) is 8.60. The van der Waals surface area contributed by atoms with E-state index < -0.39 is 0 Å². The molecule has 4 aromatic rings. The second-order valence-electron chi connectivity index (χ2n) is 11.3. The van der Waals surface area contributed by atoms with Crippen LogP contribution in [-0.2, 0) is 25.7 Å². The minimum atomic E-state index is 0.585. The fourth-order valence-electron chi connectivity index (χ4n) is 6.22. The summed E-state index contributed by atoms with van der Waals surface area (Å²) in [5.74, 6) is 5.23. The van der Waals surface area contributed by atoms with Crippen molar-refractivity contribution in [2.75, 3.05) is 55.7 Å². The Morgan fingerprint density at radius 2 is 0.830 bits per heavy atom. The number of hydrogen-bond acceptors (Lipinski definition) is 9. The average molecular weight is 637 g/mol. The molecule has 9 nitrogen and oxygen atoms in total. The molecule has 0 saturated carbocycles. The predicted octanol–water partition coefficient (Wildman–Crippen LogP) is 6.71. The lowest BCUT2D eigenvalue weighted by atomic mass is 9.93. The Hall–Kier alpha value is -5.18. The van der Waals surface area contributed by atoms with Gasteiger partial charge in [-0.2, -0.15) is 0 Å². The van der Waals surface area contributed by atoms with Gasteiger partial charge in [-0.05, 0) is 83.6 Å². The molecule has 47 heavy (non-hydrogen) atoms. The van der Waals surface area contributed by atoms with Crippen molar-refractivity contribution < 1.29 is 33.2 Å². The van der Waals surface area contributed by atoms with Crippen molar-refractivity contribution in [3.8, 4) is 46.0 Å². The van der Waals surface area contributed by atoms with Gasteiger partial charge in [-0.1, -0.05) is 12.1 Å². The summed E-state index contributed by atoms with van der Waals surface area (Å²) in [6, 6.07) is 20.1. The van der Waals surface area contributed by atoms with Crippen molar-refractivity contribution in [1.82, 2.24) is 0 Å². The quantitative estimate of drug-likeness (QED) is 0.171. The zero-order chi connectivity index (χ0) is 32.9. The molecule has 0 bridgehead atoms. The topological polar surface area (TPSA) is 89.3 Å². The van der Waals surface area contributed by atoms with E-state index in [9.17, 15) is 0 Å². The number of ether oxygens (including phenoxy) is 7. The average Bonchev–Trinajstić information content (AvgIpc) is 3.11. The van der Waals surface area contributed by atoms with Crippen molar-refractivity contribution in [3.63, 3.8) is 0 Å². The van der Waals surface area contributed by atoms with Crippen LogP contribution in [0.1, 0.15) is 33.4 Å². The number of methoxy groups -OCH3 is 6. The molecule has 2 aliphatic heterocycles. The van der Waals surface area contributed by atoms with Crippen LogP contribution in [0.3, 0.4) is 0 Å². The normalized spacial score (nSPS) is 13.4. The Bertz CT molecular complexity index is 1710. The van der Waals surface area contributed by atoms with Crippen LogP contribution in [0.5, 0.6) is 46.0 Å². The summed E-state index contributed by atoms with van der Waals surface area (Å²) in [6.45, 7) is 1.44. The van der Waals surface area contributed by atoms with Crippen molar-refractivity contribution in [2.45, 2.75) is 25.7 Å². The number of fused-ring (bicyclic) bond motifs is 2. The number of nitrogens with zero attached hydrogens (tertiary/aromatic N) is 2. The van der Waals surface area contributed by atoms with E-state index in [4.69, 9.17) is 43.1 Å². The third-order valence-electron chi connectivity index (χ3n) is 8.63. The van der Waals surface area contributed by atoms with Gasteiger partial charge in [-0.15, -0.1) is 0 Å². The van der Waals surface area contributed by atoms with Crippen LogP contribution in [0.15, 0.2) is 70.6 Å². The molecule has 0 N–H and O–H groups in total. The third kappa shape index (κ3) is 6.56. The molecule has 0 saturated heterocycles. The maximum absolute atomic E-state index is 6.55. The number of hydrogen-bond donors (Lipinski definition) is 0. The molecule has 0 amide bonds. The molecule has 0 fully saturated rings. The summed E-state index contributed by atoms with van der Waals surface area (Å²) in [6.07, 6.45) is 2.94. The van der Waals surface area contributed by atoms with Gasteiger partial charge in [0.05, 0.1) is 42.7 Å². The molecule has 2 aliphatic rings. The first kappa shape index (κ1) is 31.8. The monoisotopic (exact) mass is 636 g/mol. The minimum Gasteiger partial charge on any atom is -0.493 e. The van der Waals surface area contributed by atoms with Gasteiger partial charge < -0.3 is 33.2 Å². The Kier molecular flexibility index (Phi) is 9.52. The lowest BCUT2D eigenvalue weighted by Crippen LogP contribution is -2.16. The number of benzene rings is 4.